The molecular weight excluding hydrogens is 152 g/mol. The summed E-state index contributed by atoms with van der Waals surface area (Å²) in [6.07, 6.45) is 4.88. The molecule has 0 aliphatic heterocycles. The van der Waals surface area contributed by atoms with E-state index in [1.807, 2.05) is 0 Å². The second kappa shape index (κ2) is 2.69. The fourth-order valence-electron chi connectivity index (χ4n) is 0.919. The van der Waals surface area contributed by atoms with Gasteiger partial charge < -0.3 is 0 Å². The third kappa shape index (κ3) is 2.14. The van der Waals surface area contributed by atoms with E-state index in [0.717, 1.165) is 0 Å². The molecule has 0 aliphatic carbocycles. The van der Waals surface area contributed by atoms with Gasteiger partial charge in [-0.05, 0) is 22.0 Å². The van der Waals surface area contributed by atoms with Crippen molar-refractivity contribution in [2.45, 2.75) is 51.0 Å². The summed E-state index contributed by atoms with van der Waals surface area (Å²) in [5.41, 5.74) is 0. The van der Waals surface area contributed by atoms with Crippen molar-refractivity contribution in [1.82, 2.24) is 0 Å². The van der Waals surface area contributed by atoms with Gasteiger partial charge >= 0.3 is 0 Å². The molecule has 0 atom stereocenters. The van der Waals surface area contributed by atoms with Crippen molar-refractivity contribution in [3.05, 3.63) is 0 Å². The van der Waals surface area contributed by atoms with E-state index in [0.29, 0.717) is 9.49 Å². The normalized spacial score (nSPS) is 16.7. The van der Waals surface area contributed by atoms with Crippen molar-refractivity contribution < 1.29 is 0 Å². The number of hydrogen-bond donors (Lipinski definition) is 0. The highest BCUT2D eigenvalue weighted by Crippen LogP contribution is 2.61. The largest absolute Gasteiger partial charge is 0.237 e. The molecule has 0 fully saturated rings. The van der Waals surface area contributed by atoms with Gasteiger partial charge in [0, 0.05) is 0 Å². The van der Waals surface area contributed by atoms with Gasteiger partial charge in [-0.3, -0.25) is 0 Å². The highest BCUT2D eigenvalue weighted by Gasteiger charge is 2.37. The maximum absolute atomic E-state index is 2.44. The monoisotopic (exact) mass is 176 g/mol. The van der Waals surface area contributed by atoms with Crippen molar-refractivity contribution in [3.8, 4) is 0 Å². The molecule has 0 heterocycles. The fourth-order valence-corrected chi connectivity index (χ4v) is 2.76. The highest BCUT2D eigenvalue weighted by molar-refractivity contribution is 8.34. The quantitative estimate of drug-likeness (QED) is 0.528. The zero-order valence-corrected chi connectivity index (χ0v) is 10.2. The minimum atomic E-state index is -0.514. The molecule has 70 valence electrons. The molecule has 0 amide bonds. The van der Waals surface area contributed by atoms with Crippen LogP contribution < -0.4 is 0 Å². The zero-order chi connectivity index (χ0) is 9.50. The molecule has 0 aromatic heterocycles. The zero-order valence-electron chi connectivity index (χ0n) is 9.41. The predicted octanol–water partition coefficient (Wildman–Crippen LogP) is 3.65. The average molecular weight is 176 g/mol. The van der Waals surface area contributed by atoms with Gasteiger partial charge in [-0.1, -0.05) is 41.5 Å². The second-order valence-electron chi connectivity index (χ2n) is 5.55. The van der Waals surface area contributed by atoms with Gasteiger partial charge in [0.1, 0.15) is 0 Å². The third-order valence-electron chi connectivity index (χ3n) is 3.06. The maximum Gasteiger partial charge on any atom is -0.00827 e. The Morgan fingerprint density at radius 2 is 0.818 bits per heavy atom. The van der Waals surface area contributed by atoms with Gasteiger partial charge in [0.15, 0.2) is 0 Å². The lowest BCUT2D eigenvalue weighted by Gasteiger charge is -2.54. The van der Waals surface area contributed by atoms with E-state index in [-0.39, 0.29) is 0 Å². The summed E-state index contributed by atoms with van der Waals surface area (Å²) < 4.78 is 0.927. The van der Waals surface area contributed by atoms with Crippen LogP contribution >= 0.6 is 10.0 Å². The molecule has 1 heteroatoms. The van der Waals surface area contributed by atoms with Gasteiger partial charge in [-0.2, -0.15) is 0 Å². The lowest BCUT2D eigenvalue weighted by molar-refractivity contribution is 0.716. The van der Waals surface area contributed by atoms with Crippen LogP contribution in [-0.4, -0.2) is 22.0 Å². The van der Waals surface area contributed by atoms with E-state index in [1.165, 1.54) is 0 Å². The van der Waals surface area contributed by atoms with Crippen LogP contribution in [0.15, 0.2) is 0 Å². The molecular formula is C10H24S. The Balaban J connectivity index is 4.75. The van der Waals surface area contributed by atoms with Crippen molar-refractivity contribution >= 4 is 10.0 Å². The lowest BCUT2D eigenvalue weighted by atomic mass is 10.2. The minimum absolute atomic E-state index is 0.464. The smallest absolute Gasteiger partial charge is 0.00827 e. The standard InChI is InChI=1S/C10H24S/c1-9(2,3)11(7,8)10(4,5)6/h1-8H3. The van der Waals surface area contributed by atoms with Crippen LogP contribution in [0, 0.1) is 0 Å². The van der Waals surface area contributed by atoms with Gasteiger partial charge in [0.25, 0.3) is 0 Å². The van der Waals surface area contributed by atoms with E-state index in [2.05, 4.69) is 54.1 Å². The van der Waals surface area contributed by atoms with E-state index in [9.17, 15) is 0 Å². The summed E-state index contributed by atoms with van der Waals surface area (Å²) in [5, 5.41) is 0. The first-order valence-electron chi connectivity index (χ1n) is 4.22. The van der Waals surface area contributed by atoms with Crippen LogP contribution in [0.5, 0.6) is 0 Å². The Labute approximate surface area is 74.1 Å². The predicted molar refractivity (Wildman–Crippen MR) is 58.9 cm³/mol. The molecule has 0 aromatic rings. The van der Waals surface area contributed by atoms with E-state index >= 15 is 0 Å². The molecule has 0 saturated carbocycles. The molecule has 0 aromatic carbocycles. The first-order chi connectivity index (χ1) is 4.50. The summed E-state index contributed by atoms with van der Waals surface area (Å²) in [4.78, 5) is 0. The van der Waals surface area contributed by atoms with E-state index in [4.69, 9.17) is 0 Å². The van der Waals surface area contributed by atoms with Crippen LogP contribution in [0.25, 0.3) is 0 Å². The highest BCUT2D eigenvalue weighted by atomic mass is 32.3. The van der Waals surface area contributed by atoms with Crippen molar-refractivity contribution in [2.24, 2.45) is 0 Å². The molecule has 0 N–H and O–H groups in total. The van der Waals surface area contributed by atoms with E-state index < -0.39 is 10.0 Å². The maximum atomic E-state index is 2.44. The summed E-state index contributed by atoms with van der Waals surface area (Å²) in [6.45, 7) is 14.1. The molecule has 0 nitrogen and oxygen atoms in total. The van der Waals surface area contributed by atoms with Crippen LogP contribution in [0.1, 0.15) is 41.5 Å². The Hall–Kier alpha value is 0.350. The Morgan fingerprint density at radius 1 is 0.636 bits per heavy atom. The third-order valence-corrected chi connectivity index (χ3v) is 9.19. The Bertz CT molecular complexity index is 116. The van der Waals surface area contributed by atoms with Gasteiger partial charge in [0.05, 0.1) is 0 Å². The van der Waals surface area contributed by atoms with Crippen molar-refractivity contribution in [3.63, 3.8) is 0 Å². The van der Waals surface area contributed by atoms with Crippen molar-refractivity contribution in [1.29, 1.82) is 0 Å². The van der Waals surface area contributed by atoms with Crippen LogP contribution in [0.2, 0.25) is 0 Å². The van der Waals surface area contributed by atoms with Crippen LogP contribution in [0.4, 0.5) is 0 Å². The SMILES string of the molecule is CC(C)(C)S(C)(C)C(C)(C)C. The number of hydrogen-bond acceptors (Lipinski definition) is 0. The molecule has 11 heavy (non-hydrogen) atoms. The molecule has 0 bridgehead atoms. The molecule has 0 saturated heterocycles. The summed E-state index contributed by atoms with van der Waals surface area (Å²) in [5.74, 6) is 0. The first kappa shape index (κ1) is 11.4. The summed E-state index contributed by atoms with van der Waals surface area (Å²) in [7, 11) is -0.514. The van der Waals surface area contributed by atoms with Gasteiger partial charge in [0.2, 0.25) is 0 Å². The van der Waals surface area contributed by atoms with Crippen LogP contribution in [-0.2, 0) is 0 Å². The molecule has 0 radical (unpaired) electrons. The molecule has 0 rings (SSSR count). The lowest BCUT2D eigenvalue weighted by Crippen LogP contribution is -2.36. The van der Waals surface area contributed by atoms with Crippen molar-refractivity contribution in [2.75, 3.05) is 12.5 Å². The molecule has 0 spiro atoms. The molecule has 0 aliphatic rings. The average Bonchev–Trinajstić information content (AvgIpc) is 1.58. The number of rotatable bonds is 0. The minimum Gasteiger partial charge on any atom is -0.237 e. The van der Waals surface area contributed by atoms with Gasteiger partial charge in [-0.25, -0.2) is 10.0 Å². The van der Waals surface area contributed by atoms with Crippen LogP contribution in [0.3, 0.4) is 0 Å². The fraction of sp³-hybridized carbons (Fsp3) is 1.00. The summed E-state index contributed by atoms with van der Waals surface area (Å²) in [6, 6.07) is 0. The second-order valence-corrected chi connectivity index (χ2v) is 10.7. The van der Waals surface area contributed by atoms with E-state index in [1.54, 1.807) is 0 Å². The Morgan fingerprint density at radius 3 is 0.818 bits per heavy atom. The first-order valence-corrected chi connectivity index (χ1v) is 6.67. The topological polar surface area (TPSA) is 0 Å². The molecule has 0 unspecified atom stereocenters. The summed E-state index contributed by atoms with van der Waals surface area (Å²) >= 11 is 0. The van der Waals surface area contributed by atoms with Gasteiger partial charge in [-0.15, -0.1) is 0 Å². The Kier molecular flexibility index (Phi) is 2.77.